The smallest absolute Gasteiger partial charge is 0.328 e. The molecule has 0 unspecified atom stereocenters. The van der Waals surface area contributed by atoms with Crippen LogP contribution >= 0.6 is 0 Å². The fourth-order valence-corrected chi connectivity index (χ4v) is 3.78. The van der Waals surface area contributed by atoms with Crippen molar-refractivity contribution in [3.8, 4) is 17.0 Å². The normalized spacial score (nSPS) is 11.3. The van der Waals surface area contributed by atoms with Crippen molar-refractivity contribution < 1.29 is 4.74 Å². The molecule has 0 saturated carbocycles. The summed E-state index contributed by atoms with van der Waals surface area (Å²) in [5, 5.41) is 0. The molecule has 0 atom stereocenters. The highest BCUT2D eigenvalue weighted by molar-refractivity contribution is 5.84. The Morgan fingerprint density at radius 3 is 2.55 bits per heavy atom. The predicted molar refractivity (Wildman–Crippen MR) is 115 cm³/mol. The fourth-order valence-electron chi connectivity index (χ4n) is 3.78. The number of fused-ring (bicyclic) bond motifs is 1. The summed E-state index contributed by atoms with van der Waals surface area (Å²) < 4.78 is 11.4. The lowest BCUT2D eigenvalue weighted by molar-refractivity contribution is 0.302. The molecule has 2 aromatic carbocycles. The van der Waals surface area contributed by atoms with Gasteiger partial charge in [0.25, 0.3) is 0 Å². The van der Waals surface area contributed by atoms with Crippen LogP contribution in [0.25, 0.3) is 22.3 Å². The van der Waals surface area contributed by atoms with Gasteiger partial charge in [-0.2, -0.15) is 0 Å². The summed E-state index contributed by atoms with van der Waals surface area (Å²) in [6, 6.07) is 12.3. The highest BCUT2D eigenvalue weighted by Gasteiger charge is 2.14. The highest BCUT2D eigenvalue weighted by atomic mass is 16.5. The van der Waals surface area contributed by atoms with Gasteiger partial charge in [-0.15, -0.1) is 0 Å². The maximum absolute atomic E-state index is 12.3. The molecule has 2 heterocycles. The summed E-state index contributed by atoms with van der Waals surface area (Å²) in [6.07, 6.45) is 4.62. The number of rotatable bonds is 6. The number of ether oxygens (including phenoxy) is 1. The molecule has 4 aromatic rings. The van der Waals surface area contributed by atoms with Gasteiger partial charge < -0.3 is 9.30 Å². The number of hydrogen-bond acceptors (Lipinski definition) is 3. The van der Waals surface area contributed by atoms with E-state index in [0.29, 0.717) is 6.61 Å². The van der Waals surface area contributed by atoms with Crippen LogP contribution in [-0.2, 0) is 20.6 Å². The molecule has 0 aliphatic heterocycles. The number of hydrogen-bond donors (Lipinski definition) is 0. The van der Waals surface area contributed by atoms with Gasteiger partial charge in [0.05, 0.1) is 35.9 Å². The molecule has 0 amide bonds. The number of aryl methyl sites for hydroxylation is 5. The van der Waals surface area contributed by atoms with Crippen LogP contribution in [0.1, 0.15) is 17.5 Å². The number of nitrogens with zero attached hydrogens (tertiary/aromatic N) is 4. The van der Waals surface area contributed by atoms with Crippen LogP contribution in [-0.4, -0.2) is 25.3 Å². The Kier molecular flexibility index (Phi) is 5.01. The molecule has 0 N–H and O–H groups in total. The molecule has 150 valence electrons. The third-order valence-corrected chi connectivity index (χ3v) is 5.41. The first-order valence-corrected chi connectivity index (χ1v) is 9.81. The fraction of sp³-hybridized carbons (Fsp3) is 0.304. The van der Waals surface area contributed by atoms with E-state index in [4.69, 9.17) is 4.74 Å². The Labute approximate surface area is 170 Å². The zero-order chi connectivity index (χ0) is 20.5. The van der Waals surface area contributed by atoms with Crippen LogP contribution in [0.5, 0.6) is 5.75 Å². The van der Waals surface area contributed by atoms with Gasteiger partial charge in [0.15, 0.2) is 0 Å². The second-order valence-corrected chi connectivity index (χ2v) is 7.55. The molecule has 0 spiro atoms. The van der Waals surface area contributed by atoms with Crippen LogP contribution in [0.3, 0.4) is 0 Å². The second-order valence-electron chi connectivity index (χ2n) is 7.55. The van der Waals surface area contributed by atoms with Gasteiger partial charge in [-0.1, -0.05) is 12.1 Å². The molecule has 29 heavy (non-hydrogen) atoms. The first-order chi connectivity index (χ1) is 14.0. The molecule has 2 aromatic heterocycles. The van der Waals surface area contributed by atoms with Crippen molar-refractivity contribution in [2.45, 2.75) is 26.8 Å². The third-order valence-electron chi connectivity index (χ3n) is 5.41. The maximum atomic E-state index is 12.3. The van der Waals surface area contributed by atoms with Crippen LogP contribution in [0.2, 0.25) is 0 Å². The van der Waals surface area contributed by atoms with E-state index in [0.717, 1.165) is 46.6 Å². The molecule has 0 radical (unpaired) electrons. The Hall–Kier alpha value is -3.28. The van der Waals surface area contributed by atoms with E-state index in [1.165, 1.54) is 5.56 Å². The minimum Gasteiger partial charge on any atom is -0.494 e. The van der Waals surface area contributed by atoms with Gasteiger partial charge in [0.1, 0.15) is 5.75 Å². The summed E-state index contributed by atoms with van der Waals surface area (Å²) in [5.41, 5.74) is 6.31. The van der Waals surface area contributed by atoms with E-state index in [1.807, 2.05) is 44.8 Å². The van der Waals surface area contributed by atoms with E-state index in [1.54, 1.807) is 9.13 Å². The lowest BCUT2D eigenvalue weighted by Crippen LogP contribution is -2.19. The third kappa shape index (κ3) is 3.58. The Morgan fingerprint density at radius 2 is 1.79 bits per heavy atom. The van der Waals surface area contributed by atoms with Crippen LogP contribution < -0.4 is 10.4 Å². The van der Waals surface area contributed by atoms with E-state index in [9.17, 15) is 4.79 Å². The largest absolute Gasteiger partial charge is 0.494 e. The van der Waals surface area contributed by atoms with Gasteiger partial charge in [-0.05, 0) is 55.7 Å². The minimum absolute atomic E-state index is 0.0154. The van der Waals surface area contributed by atoms with Gasteiger partial charge >= 0.3 is 5.69 Å². The molecule has 0 bridgehead atoms. The van der Waals surface area contributed by atoms with E-state index in [2.05, 4.69) is 41.6 Å². The topological polar surface area (TPSA) is 54.0 Å². The van der Waals surface area contributed by atoms with Crippen molar-refractivity contribution in [1.29, 1.82) is 0 Å². The first kappa shape index (κ1) is 19.1. The molecular formula is C23H26N4O2. The first-order valence-electron chi connectivity index (χ1n) is 9.81. The van der Waals surface area contributed by atoms with Gasteiger partial charge in [-0.25, -0.2) is 9.78 Å². The number of aromatic nitrogens is 4. The molecule has 0 aliphatic rings. The van der Waals surface area contributed by atoms with Crippen LogP contribution in [0.15, 0.2) is 53.7 Å². The van der Waals surface area contributed by atoms with Gasteiger partial charge in [0, 0.05) is 26.2 Å². The van der Waals surface area contributed by atoms with Crippen molar-refractivity contribution in [3.63, 3.8) is 0 Å². The van der Waals surface area contributed by atoms with Crippen LogP contribution in [0, 0.1) is 13.8 Å². The lowest BCUT2D eigenvalue weighted by atomic mass is 10.0. The van der Waals surface area contributed by atoms with Crippen molar-refractivity contribution in [2.24, 2.45) is 14.1 Å². The maximum Gasteiger partial charge on any atom is 0.328 e. The molecule has 0 fully saturated rings. The molecule has 4 rings (SSSR count). The monoisotopic (exact) mass is 390 g/mol. The standard InChI is InChI=1S/C23H26N4O2/c1-16-7-5-8-18(11-16)29-10-6-9-27-15-24-14-22(27)19-13-21-20(12-17(19)2)25(3)23(28)26(21)4/h5,7-8,11-15H,6,9-10H2,1-4H3. The second kappa shape index (κ2) is 7.62. The number of benzene rings is 2. The van der Waals surface area contributed by atoms with Crippen molar-refractivity contribution in [2.75, 3.05) is 6.61 Å². The molecule has 0 aliphatic carbocycles. The molecule has 6 nitrogen and oxygen atoms in total. The van der Waals surface area contributed by atoms with Crippen LogP contribution in [0.4, 0.5) is 0 Å². The average Bonchev–Trinajstić information content (AvgIpc) is 3.24. The van der Waals surface area contributed by atoms with E-state index in [-0.39, 0.29) is 5.69 Å². The van der Waals surface area contributed by atoms with E-state index >= 15 is 0 Å². The summed E-state index contributed by atoms with van der Waals surface area (Å²) in [7, 11) is 3.62. The molecular weight excluding hydrogens is 364 g/mol. The van der Waals surface area contributed by atoms with Crippen molar-refractivity contribution in [1.82, 2.24) is 18.7 Å². The van der Waals surface area contributed by atoms with Crippen molar-refractivity contribution >= 4 is 11.0 Å². The van der Waals surface area contributed by atoms with Crippen molar-refractivity contribution in [3.05, 3.63) is 70.5 Å². The van der Waals surface area contributed by atoms with Gasteiger partial charge in [0.2, 0.25) is 0 Å². The SMILES string of the molecule is Cc1cccc(OCCCn2cncc2-c2cc3c(cc2C)n(C)c(=O)n3C)c1. The Morgan fingerprint density at radius 1 is 1.03 bits per heavy atom. The summed E-state index contributed by atoms with van der Waals surface area (Å²) in [5.74, 6) is 0.905. The molecule has 6 heteroatoms. The summed E-state index contributed by atoms with van der Waals surface area (Å²) in [4.78, 5) is 16.6. The van der Waals surface area contributed by atoms with Gasteiger partial charge in [-0.3, -0.25) is 9.13 Å². The predicted octanol–water partition coefficient (Wildman–Crippen LogP) is 3.83. The minimum atomic E-state index is -0.0154. The van der Waals surface area contributed by atoms with E-state index < -0.39 is 0 Å². The summed E-state index contributed by atoms with van der Waals surface area (Å²) >= 11 is 0. The molecule has 0 saturated heterocycles. The highest BCUT2D eigenvalue weighted by Crippen LogP contribution is 2.28. The zero-order valence-electron chi connectivity index (χ0n) is 17.3. The number of imidazole rings is 2. The average molecular weight is 390 g/mol. The zero-order valence-corrected chi connectivity index (χ0v) is 17.3. The quantitative estimate of drug-likeness (QED) is 0.470. The Bertz CT molecular complexity index is 1230. The lowest BCUT2D eigenvalue weighted by Gasteiger charge is -2.12. The Balaban J connectivity index is 1.54. The summed E-state index contributed by atoms with van der Waals surface area (Å²) in [6.45, 7) is 5.59.